The topological polar surface area (TPSA) is 54.9 Å². The Hall–Kier alpha value is -1.75. The third-order valence-electron chi connectivity index (χ3n) is 2.50. The molecular formula is C13H12BrN3O. The van der Waals surface area contributed by atoms with Crippen LogP contribution in [0.4, 0.5) is 0 Å². The summed E-state index contributed by atoms with van der Waals surface area (Å²) in [5, 5.41) is 2.90. The highest BCUT2D eigenvalue weighted by Crippen LogP contribution is 2.13. The average molecular weight is 306 g/mol. The monoisotopic (exact) mass is 305 g/mol. The molecule has 2 aromatic heterocycles. The number of pyridine rings is 2. The summed E-state index contributed by atoms with van der Waals surface area (Å²) in [4.78, 5) is 20.0. The predicted octanol–water partition coefficient (Wildman–Crippen LogP) is 2.73. The van der Waals surface area contributed by atoms with Gasteiger partial charge in [0.05, 0.1) is 11.6 Å². The smallest absolute Gasteiger partial charge is 0.253 e. The van der Waals surface area contributed by atoms with E-state index in [9.17, 15) is 4.79 Å². The van der Waals surface area contributed by atoms with Crippen molar-refractivity contribution in [2.24, 2.45) is 0 Å². The van der Waals surface area contributed by atoms with Crippen molar-refractivity contribution >= 4 is 21.8 Å². The molecule has 18 heavy (non-hydrogen) atoms. The number of amides is 1. The normalized spacial score (nSPS) is 11.9. The van der Waals surface area contributed by atoms with Crippen LogP contribution in [0.15, 0.2) is 47.5 Å². The molecule has 5 heteroatoms. The number of rotatable bonds is 3. The first kappa shape index (κ1) is 12.7. The summed E-state index contributed by atoms with van der Waals surface area (Å²) in [5.74, 6) is -0.153. The minimum Gasteiger partial charge on any atom is -0.345 e. The largest absolute Gasteiger partial charge is 0.345 e. The van der Waals surface area contributed by atoms with Crippen molar-refractivity contribution in [3.05, 3.63) is 58.6 Å². The summed E-state index contributed by atoms with van der Waals surface area (Å²) in [6, 6.07) is 5.42. The third kappa shape index (κ3) is 3.13. The molecule has 1 N–H and O–H groups in total. The summed E-state index contributed by atoms with van der Waals surface area (Å²) in [6.07, 6.45) is 6.62. The molecule has 0 spiro atoms. The zero-order chi connectivity index (χ0) is 13.0. The van der Waals surface area contributed by atoms with Crippen molar-refractivity contribution in [1.29, 1.82) is 0 Å². The fraction of sp³-hybridized carbons (Fsp3) is 0.154. The second-order valence-electron chi connectivity index (χ2n) is 3.87. The molecule has 1 atom stereocenters. The zero-order valence-corrected chi connectivity index (χ0v) is 11.4. The molecule has 1 unspecified atom stereocenters. The molecule has 2 heterocycles. The Labute approximate surface area is 114 Å². The standard InChI is InChI=1S/C13H12BrN3O/c1-9(10-3-2-4-15-6-10)17-13(18)11-5-12(14)8-16-7-11/h2-9H,1H3,(H,17,18). The Kier molecular flexibility index (Phi) is 4.04. The molecule has 0 aliphatic heterocycles. The van der Waals surface area contributed by atoms with E-state index < -0.39 is 0 Å². The summed E-state index contributed by atoms with van der Waals surface area (Å²) in [5.41, 5.74) is 1.49. The Bertz CT molecular complexity index is 545. The van der Waals surface area contributed by atoms with Crippen molar-refractivity contribution in [3.63, 3.8) is 0 Å². The van der Waals surface area contributed by atoms with E-state index in [1.165, 1.54) is 6.20 Å². The van der Waals surface area contributed by atoms with Gasteiger partial charge in [-0.2, -0.15) is 0 Å². The van der Waals surface area contributed by atoms with E-state index in [4.69, 9.17) is 0 Å². The van der Waals surface area contributed by atoms with Gasteiger partial charge < -0.3 is 5.32 Å². The Morgan fingerprint density at radius 3 is 2.83 bits per heavy atom. The molecule has 92 valence electrons. The van der Waals surface area contributed by atoms with Gasteiger partial charge in [-0.05, 0) is 40.5 Å². The van der Waals surface area contributed by atoms with Crippen LogP contribution in [0.25, 0.3) is 0 Å². The van der Waals surface area contributed by atoms with E-state index in [1.54, 1.807) is 24.7 Å². The molecule has 0 aliphatic carbocycles. The highest BCUT2D eigenvalue weighted by atomic mass is 79.9. The van der Waals surface area contributed by atoms with Crippen LogP contribution >= 0.6 is 15.9 Å². The lowest BCUT2D eigenvalue weighted by molar-refractivity contribution is 0.0939. The number of nitrogens with one attached hydrogen (secondary N) is 1. The lowest BCUT2D eigenvalue weighted by Crippen LogP contribution is -2.26. The summed E-state index contributed by atoms with van der Waals surface area (Å²) in [7, 11) is 0. The van der Waals surface area contributed by atoms with Crippen LogP contribution in [0.3, 0.4) is 0 Å². The Morgan fingerprint density at radius 1 is 1.33 bits per heavy atom. The summed E-state index contributed by atoms with van der Waals surface area (Å²) in [6.45, 7) is 1.92. The minimum atomic E-state index is -0.153. The van der Waals surface area contributed by atoms with Gasteiger partial charge in [0.25, 0.3) is 5.91 Å². The maximum atomic E-state index is 12.0. The molecule has 1 amide bonds. The van der Waals surface area contributed by atoms with Crippen LogP contribution in [0, 0.1) is 0 Å². The van der Waals surface area contributed by atoms with E-state index in [2.05, 4.69) is 31.2 Å². The van der Waals surface area contributed by atoms with E-state index in [1.807, 2.05) is 19.1 Å². The molecule has 0 fully saturated rings. The van der Waals surface area contributed by atoms with Gasteiger partial charge in [-0.1, -0.05) is 6.07 Å². The highest BCUT2D eigenvalue weighted by Gasteiger charge is 2.11. The fourth-order valence-corrected chi connectivity index (χ4v) is 1.90. The number of halogens is 1. The molecule has 0 saturated heterocycles. The number of hydrogen-bond donors (Lipinski definition) is 1. The van der Waals surface area contributed by atoms with E-state index >= 15 is 0 Å². The van der Waals surface area contributed by atoms with Crippen LogP contribution in [0.2, 0.25) is 0 Å². The Balaban J connectivity index is 2.08. The van der Waals surface area contributed by atoms with E-state index in [-0.39, 0.29) is 11.9 Å². The first-order valence-corrected chi connectivity index (χ1v) is 6.27. The van der Waals surface area contributed by atoms with E-state index in [0.29, 0.717) is 5.56 Å². The van der Waals surface area contributed by atoms with Crippen molar-refractivity contribution in [2.45, 2.75) is 13.0 Å². The number of hydrogen-bond acceptors (Lipinski definition) is 3. The minimum absolute atomic E-state index is 0.0924. The van der Waals surface area contributed by atoms with Crippen molar-refractivity contribution in [1.82, 2.24) is 15.3 Å². The maximum Gasteiger partial charge on any atom is 0.253 e. The molecule has 2 rings (SSSR count). The van der Waals surface area contributed by atoms with Gasteiger partial charge in [0.2, 0.25) is 0 Å². The molecule has 0 aliphatic rings. The van der Waals surface area contributed by atoms with Gasteiger partial charge in [-0.3, -0.25) is 14.8 Å². The van der Waals surface area contributed by atoms with Gasteiger partial charge in [0.15, 0.2) is 0 Å². The van der Waals surface area contributed by atoms with E-state index in [0.717, 1.165) is 10.0 Å². The number of carbonyl (C=O) groups excluding carboxylic acids is 1. The summed E-state index contributed by atoms with van der Waals surface area (Å²) >= 11 is 3.29. The van der Waals surface area contributed by atoms with Crippen LogP contribution in [-0.2, 0) is 0 Å². The number of nitrogens with zero attached hydrogens (tertiary/aromatic N) is 2. The summed E-state index contributed by atoms with van der Waals surface area (Å²) < 4.78 is 0.782. The van der Waals surface area contributed by atoms with Crippen LogP contribution in [0.1, 0.15) is 28.9 Å². The highest BCUT2D eigenvalue weighted by molar-refractivity contribution is 9.10. The van der Waals surface area contributed by atoms with Crippen molar-refractivity contribution < 1.29 is 4.79 Å². The maximum absolute atomic E-state index is 12.0. The first-order valence-electron chi connectivity index (χ1n) is 5.48. The SMILES string of the molecule is CC(NC(=O)c1cncc(Br)c1)c1cccnc1. The molecule has 0 bridgehead atoms. The third-order valence-corrected chi connectivity index (χ3v) is 2.93. The molecule has 4 nitrogen and oxygen atoms in total. The van der Waals surface area contributed by atoms with Gasteiger partial charge in [-0.25, -0.2) is 0 Å². The van der Waals surface area contributed by atoms with Gasteiger partial charge in [-0.15, -0.1) is 0 Å². The lowest BCUT2D eigenvalue weighted by atomic mass is 10.1. The molecule has 0 radical (unpaired) electrons. The van der Waals surface area contributed by atoms with Crippen LogP contribution in [0.5, 0.6) is 0 Å². The van der Waals surface area contributed by atoms with Gasteiger partial charge >= 0.3 is 0 Å². The second kappa shape index (κ2) is 5.73. The average Bonchev–Trinajstić information content (AvgIpc) is 2.39. The fourth-order valence-electron chi connectivity index (χ4n) is 1.53. The quantitative estimate of drug-likeness (QED) is 0.948. The van der Waals surface area contributed by atoms with Crippen molar-refractivity contribution in [3.8, 4) is 0 Å². The Morgan fingerprint density at radius 2 is 2.17 bits per heavy atom. The molecular weight excluding hydrogens is 294 g/mol. The first-order chi connectivity index (χ1) is 8.66. The predicted molar refractivity (Wildman–Crippen MR) is 72.1 cm³/mol. The van der Waals surface area contributed by atoms with Gasteiger partial charge in [0.1, 0.15) is 0 Å². The number of aromatic nitrogens is 2. The second-order valence-corrected chi connectivity index (χ2v) is 4.79. The number of carbonyl (C=O) groups is 1. The zero-order valence-electron chi connectivity index (χ0n) is 9.80. The van der Waals surface area contributed by atoms with Crippen molar-refractivity contribution in [2.75, 3.05) is 0 Å². The molecule has 0 aromatic carbocycles. The molecule has 0 saturated carbocycles. The van der Waals surface area contributed by atoms with Crippen LogP contribution < -0.4 is 5.32 Å². The van der Waals surface area contributed by atoms with Gasteiger partial charge in [0, 0.05) is 29.3 Å². The lowest BCUT2D eigenvalue weighted by Gasteiger charge is -2.13. The van der Waals surface area contributed by atoms with Crippen LogP contribution in [-0.4, -0.2) is 15.9 Å². The molecule has 2 aromatic rings.